The van der Waals surface area contributed by atoms with E-state index in [1.54, 1.807) is 0 Å². The summed E-state index contributed by atoms with van der Waals surface area (Å²) in [5, 5.41) is 0. The number of hydrogen-bond acceptors (Lipinski definition) is 3. The van der Waals surface area contributed by atoms with Gasteiger partial charge in [0, 0.05) is 12.5 Å². The quantitative estimate of drug-likeness (QED) is 0.921. The van der Waals surface area contributed by atoms with Crippen molar-refractivity contribution in [3.63, 3.8) is 0 Å². The number of nitrogens with two attached hydrogens (primary N) is 1. The van der Waals surface area contributed by atoms with E-state index in [-0.39, 0.29) is 17.3 Å². The zero-order valence-electron chi connectivity index (χ0n) is 12.1. The smallest absolute Gasteiger partial charge is 0.160 e. The molecule has 1 saturated heterocycles. The lowest BCUT2D eigenvalue weighted by Crippen LogP contribution is -2.52. The Morgan fingerprint density at radius 2 is 2.05 bits per heavy atom. The number of carbonyl (C=O) groups excluding carboxylic acids is 1. The van der Waals surface area contributed by atoms with E-state index in [9.17, 15) is 4.79 Å². The molecule has 0 aromatic heterocycles. The van der Waals surface area contributed by atoms with Crippen LogP contribution in [0, 0.1) is 5.92 Å². The molecule has 1 aromatic carbocycles. The molecule has 0 radical (unpaired) electrons. The summed E-state index contributed by atoms with van der Waals surface area (Å²) in [6, 6.07) is 9.70. The molecule has 1 aliphatic heterocycles. The van der Waals surface area contributed by atoms with Gasteiger partial charge < -0.3 is 10.5 Å². The van der Waals surface area contributed by atoms with Gasteiger partial charge in [0.25, 0.3) is 0 Å². The Bertz CT molecular complexity index is 491. The maximum Gasteiger partial charge on any atom is 0.160 e. The first-order chi connectivity index (χ1) is 9.54. The standard InChI is InChI=1S/C17H23NO2/c1-16(18,14-6-3-2-4-7-14)15(19)13-8-11-20-17(12-13)9-5-10-17/h2-4,6-7,13H,5,8-12,18H2,1H3. The lowest BCUT2D eigenvalue weighted by molar-refractivity contribution is -0.158. The summed E-state index contributed by atoms with van der Waals surface area (Å²) in [6.07, 6.45) is 5.08. The summed E-state index contributed by atoms with van der Waals surface area (Å²) in [6.45, 7) is 2.54. The van der Waals surface area contributed by atoms with Gasteiger partial charge in [-0.15, -0.1) is 0 Å². The monoisotopic (exact) mass is 273 g/mol. The van der Waals surface area contributed by atoms with Gasteiger partial charge in [0.15, 0.2) is 5.78 Å². The Morgan fingerprint density at radius 1 is 1.35 bits per heavy atom. The molecule has 108 valence electrons. The van der Waals surface area contributed by atoms with Gasteiger partial charge in [-0.3, -0.25) is 4.79 Å². The van der Waals surface area contributed by atoms with E-state index in [1.807, 2.05) is 37.3 Å². The minimum absolute atomic E-state index is 0.00859. The molecular formula is C17H23NO2. The number of rotatable bonds is 3. The molecule has 2 aliphatic rings. The molecule has 3 rings (SSSR count). The van der Waals surface area contributed by atoms with Crippen LogP contribution in [0.3, 0.4) is 0 Å². The molecule has 1 heterocycles. The Balaban J connectivity index is 1.78. The number of Topliss-reactive ketones (excluding diaryl/α,β-unsaturated/α-hetero) is 1. The van der Waals surface area contributed by atoms with Crippen LogP contribution in [0.5, 0.6) is 0 Å². The second-order valence-electron chi connectivity index (χ2n) is 6.51. The van der Waals surface area contributed by atoms with Crippen LogP contribution < -0.4 is 5.73 Å². The van der Waals surface area contributed by atoms with Gasteiger partial charge in [-0.2, -0.15) is 0 Å². The SMILES string of the molecule is CC(N)(C(=O)C1CCOC2(CCC2)C1)c1ccccc1. The Kier molecular flexibility index (Phi) is 3.43. The Labute approximate surface area is 120 Å². The zero-order chi connectivity index (χ0) is 14.2. The molecule has 2 unspecified atom stereocenters. The normalized spacial score (nSPS) is 27.6. The van der Waals surface area contributed by atoms with E-state index in [2.05, 4.69) is 0 Å². The summed E-state index contributed by atoms with van der Waals surface area (Å²) in [7, 11) is 0. The molecular weight excluding hydrogens is 250 g/mol. The first-order valence-electron chi connectivity index (χ1n) is 7.56. The van der Waals surface area contributed by atoms with Crippen LogP contribution in [0.1, 0.15) is 44.6 Å². The van der Waals surface area contributed by atoms with Gasteiger partial charge >= 0.3 is 0 Å². The molecule has 1 saturated carbocycles. The van der Waals surface area contributed by atoms with E-state index in [1.165, 1.54) is 6.42 Å². The maximum absolute atomic E-state index is 12.9. The van der Waals surface area contributed by atoms with Crippen molar-refractivity contribution in [3.05, 3.63) is 35.9 Å². The van der Waals surface area contributed by atoms with E-state index in [4.69, 9.17) is 10.5 Å². The second-order valence-corrected chi connectivity index (χ2v) is 6.51. The van der Waals surface area contributed by atoms with E-state index < -0.39 is 5.54 Å². The third-order valence-corrected chi connectivity index (χ3v) is 5.01. The second kappa shape index (κ2) is 4.97. The van der Waals surface area contributed by atoms with Crippen molar-refractivity contribution >= 4 is 5.78 Å². The largest absolute Gasteiger partial charge is 0.375 e. The number of benzene rings is 1. The number of ketones is 1. The summed E-state index contributed by atoms with van der Waals surface area (Å²) in [5.74, 6) is 0.206. The van der Waals surface area contributed by atoms with Crippen molar-refractivity contribution in [1.82, 2.24) is 0 Å². The van der Waals surface area contributed by atoms with Crippen LogP contribution in [-0.4, -0.2) is 18.0 Å². The molecule has 2 N–H and O–H groups in total. The highest BCUT2D eigenvalue weighted by molar-refractivity contribution is 5.91. The topological polar surface area (TPSA) is 52.3 Å². The van der Waals surface area contributed by atoms with E-state index >= 15 is 0 Å². The predicted molar refractivity (Wildman–Crippen MR) is 78.2 cm³/mol. The first-order valence-corrected chi connectivity index (χ1v) is 7.56. The minimum atomic E-state index is -0.895. The van der Waals surface area contributed by atoms with Crippen molar-refractivity contribution in [2.24, 2.45) is 11.7 Å². The molecule has 1 aliphatic carbocycles. The third-order valence-electron chi connectivity index (χ3n) is 5.01. The zero-order valence-corrected chi connectivity index (χ0v) is 12.1. The number of hydrogen-bond donors (Lipinski definition) is 1. The molecule has 1 spiro atoms. The molecule has 2 fully saturated rings. The number of carbonyl (C=O) groups is 1. The van der Waals surface area contributed by atoms with Gasteiger partial charge in [-0.25, -0.2) is 0 Å². The van der Waals surface area contributed by atoms with Gasteiger partial charge in [-0.1, -0.05) is 30.3 Å². The van der Waals surface area contributed by atoms with E-state index in [0.29, 0.717) is 6.61 Å². The summed E-state index contributed by atoms with van der Waals surface area (Å²) in [5.41, 5.74) is 6.37. The lowest BCUT2D eigenvalue weighted by atomic mass is 9.68. The van der Waals surface area contributed by atoms with Crippen LogP contribution in [0.15, 0.2) is 30.3 Å². The Morgan fingerprint density at radius 3 is 2.65 bits per heavy atom. The molecule has 20 heavy (non-hydrogen) atoms. The van der Waals surface area contributed by atoms with Crippen LogP contribution in [-0.2, 0) is 15.1 Å². The molecule has 0 bridgehead atoms. The Hall–Kier alpha value is -1.19. The molecule has 0 amide bonds. The highest BCUT2D eigenvalue weighted by Crippen LogP contribution is 2.45. The van der Waals surface area contributed by atoms with Crippen molar-refractivity contribution < 1.29 is 9.53 Å². The van der Waals surface area contributed by atoms with Crippen LogP contribution >= 0.6 is 0 Å². The molecule has 1 aromatic rings. The fourth-order valence-electron chi connectivity index (χ4n) is 3.52. The van der Waals surface area contributed by atoms with Gasteiger partial charge in [0.05, 0.1) is 11.1 Å². The van der Waals surface area contributed by atoms with Crippen LogP contribution in [0.4, 0.5) is 0 Å². The maximum atomic E-state index is 12.9. The van der Waals surface area contributed by atoms with Crippen molar-refractivity contribution in [2.75, 3.05) is 6.61 Å². The summed E-state index contributed by atoms with van der Waals surface area (Å²) >= 11 is 0. The first kappa shape index (κ1) is 13.8. The minimum Gasteiger partial charge on any atom is -0.375 e. The summed E-state index contributed by atoms with van der Waals surface area (Å²) in [4.78, 5) is 12.9. The molecule has 2 atom stereocenters. The molecule has 3 nitrogen and oxygen atoms in total. The van der Waals surface area contributed by atoms with Gasteiger partial charge in [0.2, 0.25) is 0 Å². The fraction of sp³-hybridized carbons (Fsp3) is 0.588. The van der Waals surface area contributed by atoms with Crippen molar-refractivity contribution in [2.45, 2.75) is 50.2 Å². The van der Waals surface area contributed by atoms with Crippen molar-refractivity contribution in [1.29, 1.82) is 0 Å². The lowest BCUT2D eigenvalue weighted by Gasteiger charge is -2.47. The highest BCUT2D eigenvalue weighted by Gasteiger charge is 2.47. The van der Waals surface area contributed by atoms with Gasteiger partial charge in [-0.05, 0) is 44.6 Å². The van der Waals surface area contributed by atoms with Crippen LogP contribution in [0.2, 0.25) is 0 Å². The van der Waals surface area contributed by atoms with Crippen LogP contribution in [0.25, 0.3) is 0 Å². The fourth-order valence-corrected chi connectivity index (χ4v) is 3.52. The van der Waals surface area contributed by atoms with Gasteiger partial charge in [0.1, 0.15) is 0 Å². The average Bonchev–Trinajstić information content (AvgIpc) is 2.46. The molecule has 3 heteroatoms. The average molecular weight is 273 g/mol. The number of ether oxygens (including phenoxy) is 1. The third kappa shape index (κ3) is 2.29. The predicted octanol–water partition coefficient (Wildman–Crippen LogP) is 2.78. The van der Waals surface area contributed by atoms with Crippen molar-refractivity contribution in [3.8, 4) is 0 Å². The summed E-state index contributed by atoms with van der Waals surface area (Å²) < 4.78 is 5.91. The van der Waals surface area contributed by atoms with E-state index in [0.717, 1.165) is 31.2 Å². The highest BCUT2D eigenvalue weighted by atomic mass is 16.5.